The quantitative estimate of drug-likeness (QED) is 0.891. The molecule has 4 nitrogen and oxygen atoms in total. The Morgan fingerprint density at radius 2 is 1.95 bits per heavy atom. The number of nitrogens with two attached hydrogens (primary N) is 1. The van der Waals surface area contributed by atoms with Crippen molar-refractivity contribution in [2.45, 2.75) is 44.2 Å². The van der Waals surface area contributed by atoms with E-state index in [4.69, 9.17) is 5.73 Å². The van der Waals surface area contributed by atoms with Gasteiger partial charge in [0.1, 0.15) is 0 Å². The third-order valence-corrected chi connectivity index (χ3v) is 6.44. The van der Waals surface area contributed by atoms with Crippen LogP contribution in [0.15, 0.2) is 17.0 Å². The van der Waals surface area contributed by atoms with Gasteiger partial charge in [0.15, 0.2) is 0 Å². The highest BCUT2D eigenvalue weighted by Gasteiger charge is 2.24. The molecule has 3 N–H and O–H groups in total. The Kier molecular flexibility index (Phi) is 5.12. The van der Waals surface area contributed by atoms with Crippen LogP contribution in [0.5, 0.6) is 0 Å². The molecular formula is C14H22N2O2S2. The van der Waals surface area contributed by atoms with Gasteiger partial charge in [-0.1, -0.05) is 6.07 Å². The highest BCUT2D eigenvalue weighted by molar-refractivity contribution is 7.99. The molecule has 0 aromatic heterocycles. The summed E-state index contributed by atoms with van der Waals surface area (Å²) >= 11 is 1.88. The van der Waals surface area contributed by atoms with Gasteiger partial charge in [0.2, 0.25) is 10.0 Å². The van der Waals surface area contributed by atoms with Crippen LogP contribution in [-0.2, 0) is 16.6 Å². The van der Waals surface area contributed by atoms with E-state index in [9.17, 15) is 8.42 Å². The molecule has 1 aliphatic heterocycles. The molecule has 112 valence electrons. The second kappa shape index (κ2) is 6.47. The molecule has 2 rings (SSSR count). The van der Waals surface area contributed by atoms with Gasteiger partial charge in [-0.3, -0.25) is 0 Å². The Bertz CT molecular complexity index is 579. The van der Waals surface area contributed by atoms with Crippen LogP contribution in [-0.4, -0.2) is 26.0 Å². The predicted octanol–water partition coefficient (Wildman–Crippen LogP) is 1.94. The summed E-state index contributed by atoms with van der Waals surface area (Å²) in [6, 6.07) is 3.70. The molecule has 1 heterocycles. The van der Waals surface area contributed by atoms with Crippen molar-refractivity contribution >= 4 is 21.8 Å². The maximum absolute atomic E-state index is 12.6. The second-order valence-electron chi connectivity index (χ2n) is 5.25. The molecule has 1 aliphatic rings. The maximum atomic E-state index is 12.6. The average Bonchev–Trinajstić information content (AvgIpc) is 2.42. The summed E-state index contributed by atoms with van der Waals surface area (Å²) in [5.41, 5.74) is 8.27. The van der Waals surface area contributed by atoms with Crippen molar-refractivity contribution in [2.75, 3.05) is 11.5 Å². The van der Waals surface area contributed by atoms with Gasteiger partial charge in [-0.25, -0.2) is 13.1 Å². The van der Waals surface area contributed by atoms with E-state index in [2.05, 4.69) is 4.72 Å². The molecule has 1 aromatic rings. The van der Waals surface area contributed by atoms with E-state index in [1.807, 2.05) is 31.7 Å². The minimum absolute atomic E-state index is 0.0579. The lowest BCUT2D eigenvalue weighted by molar-refractivity contribution is 0.528. The smallest absolute Gasteiger partial charge is 0.241 e. The Morgan fingerprint density at radius 3 is 2.55 bits per heavy atom. The zero-order valence-corrected chi connectivity index (χ0v) is 13.6. The summed E-state index contributed by atoms with van der Waals surface area (Å²) in [5, 5.41) is 0. The number of aryl methyl sites for hydroxylation is 1. The fourth-order valence-corrected chi connectivity index (χ4v) is 5.17. The van der Waals surface area contributed by atoms with Crippen LogP contribution in [0.4, 0.5) is 0 Å². The monoisotopic (exact) mass is 314 g/mol. The lowest BCUT2D eigenvalue weighted by atomic mass is 10.1. The lowest BCUT2D eigenvalue weighted by Gasteiger charge is -2.23. The molecule has 0 unspecified atom stereocenters. The molecule has 0 aliphatic carbocycles. The van der Waals surface area contributed by atoms with Gasteiger partial charge in [0.25, 0.3) is 0 Å². The van der Waals surface area contributed by atoms with Gasteiger partial charge in [0, 0.05) is 12.6 Å². The van der Waals surface area contributed by atoms with Crippen LogP contribution < -0.4 is 10.5 Å². The Hall–Kier alpha value is -0.560. The fourth-order valence-electron chi connectivity index (χ4n) is 2.39. The zero-order valence-electron chi connectivity index (χ0n) is 12.0. The molecule has 0 radical (unpaired) electrons. The standard InChI is InChI=1S/C14H22N2O2S2/c1-10-7-12(9-15)8-14(11(10)2)20(17,18)16-13-3-5-19-6-4-13/h7-8,13,16H,3-6,9,15H2,1-2H3. The molecule has 0 saturated carbocycles. The number of hydrogen-bond acceptors (Lipinski definition) is 4. The average molecular weight is 314 g/mol. The summed E-state index contributed by atoms with van der Waals surface area (Å²) in [7, 11) is -3.46. The molecule has 1 fully saturated rings. The summed E-state index contributed by atoms with van der Waals surface area (Å²) in [4.78, 5) is 0.371. The summed E-state index contributed by atoms with van der Waals surface area (Å²) in [6.45, 7) is 4.12. The largest absolute Gasteiger partial charge is 0.326 e. The number of thioether (sulfide) groups is 1. The van der Waals surface area contributed by atoms with Crippen LogP contribution in [0.25, 0.3) is 0 Å². The van der Waals surface area contributed by atoms with E-state index in [1.165, 1.54) is 0 Å². The molecule has 0 spiro atoms. The third kappa shape index (κ3) is 3.55. The van der Waals surface area contributed by atoms with Gasteiger partial charge >= 0.3 is 0 Å². The first kappa shape index (κ1) is 15.8. The first-order chi connectivity index (χ1) is 9.44. The highest BCUT2D eigenvalue weighted by atomic mass is 32.2. The molecule has 1 aromatic carbocycles. The first-order valence-electron chi connectivity index (χ1n) is 6.84. The highest BCUT2D eigenvalue weighted by Crippen LogP contribution is 2.23. The van der Waals surface area contributed by atoms with E-state index < -0.39 is 10.0 Å². The zero-order chi connectivity index (χ0) is 14.8. The Morgan fingerprint density at radius 1 is 1.30 bits per heavy atom. The minimum atomic E-state index is -3.46. The topological polar surface area (TPSA) is 72.2 Å². The number of sulfonamides is 1. The van der Waals surface area contributed by atoms with Crippen LogP contribution in [0, 0.1) is 13.8 Å². The SMILES string of the molecule is Cc1cc(CN)cc(S(=O)(=O)NC2CCSCC2)c1C. The molecule has 1 saturated heterocycles. The summed E-state index contributed by atoms with van der Waals surface area (Å²) < 4.78 is 28.0. The van der Waals surface area contributed by atoms with Gasteiger partial charge in [-0.05, 0) is 61.0 Å². The first-order valence-corrected chi connectivity index (χ1v) is 9.48. The minimum Gasteiger partial charge on any atom is -0.326 e. The van der Waals surface area contributed by atoms with Crippen molar-refractivity contribution in [3.05, 3.63) is 28.8 Å². The van der Waals surface area contributed by atoms with Crippen LogP contribution in [0.3, 0.4) is 0 Å². The lowest BCUT2D eigenvalue weighted by Crippen LogP contribution is -2.37. The van der Waals surface area contributed by atoms with Crippen LogP contribution >= 0.6 is 11.8 Å². The van der Waals surface area contributed by atoms with Crippen LogP contribution in [0.1, 0.15) is 29.5 Å². The Labute approximate surface area is 125 Å². The fraction of sp³-hybridized carbons (Fsp3) is 0.571. The number of rotatable bonds is 4. The van der Waals surface area contributed by atoms with Crippen LogP contribution in [0.2, 0.25) is 0 Å². The summed E-state index contributed by atoms with van der Waals surface area (Å²) in [6.07, 6.45) is 1.80. The summed E-state index contributed by atoms with van der Waals surface area (Å²) in [5.74, 6) is 2.04. The van der Waals surface area contributed by atoms with Crippen molar-refractivity contribution in [3.63, 3.8) is 0 Å². The van der Waals surface area contributed by atoms with Gasteiger partial charge in [-0.2, -0.15) is 11.8 Å². The van der Waals surface area contributed by atoms with Gasteiger partial charge in [0.05, 0.1) is 4.90 Å². The molecule has 20 heavy (non-hydrogen) atoms. The predicted molar refractivity (Wildman–Crippen MR) is 84.5 cm³/mol. The maximum Gasteiger partial charge on any atom is 0.241 e. The van der Waals surface area contributed by atoms with E-state index in [1.54, 1.807) is 6.07 Å². The van der Waals surface area contributed by atoms with Gasteiger partial charge in [-0.15, -0.1) is 0 Å². The van der Waals surface area contributed by atoms with Crippen molar-refractivity contribution in [3.8, 4) is 0 Å². The third-order valence-electron chi connectivity index (χ3n) is 3.75. The van der Waals surface area contributed by atoms with Crippen molar-refractivity contribution < 1.29 is 8.42 Å². The van der Waals surface area contributed by atoms with E-state index in [-0.39, 0.29) is 6.04 Å². The number of benzene rings is 1. The number of hydrogen-bond donors (Lipinski definition) is 2. The Balaban J connectivity index is 2.30. The van der Waals surface area contributed by atoms with Crippen molar-refractivity contribution in [1.29, 1.82) is 0 Å². The van der Waals surface area contributed by atoms with Crippen molar-refractivity contribution in [1.82, 2.24) is 4.72 Å². The van der Waals surface area contributed by atoms with E-state index in [0.717, 1.165) is 41.0 Å². The van der Waals surface area contributed by atoms with Crippen molar-refractivity contribution in [2.24, 2.45) is 5.73 Å². The molecule has 0 bridgehead atoms. The molecule has 0 amide bonds. The number of nitrogens with one attached hydrogen (secondary N) is 1. The molecule has 0 atom stereocenters. The molecular weight excluding hydrogens is 292 g/mol. The van der Waals surface area contributed by atoms with E-state index in [0.29, 0.717) is 11.4 Å². The molecule has 6 heteroatoms. The van der Waals surface area contributed by atoms with E-state index >= 15 is 0 Å². The normalized spacial score (nSPS) is 17.4. The van der Waals surface area contributed by atoms with Gasteiger partial charge < -0.3 is 5.73 Å². The second-order valence-corrected chi connectivity index (χ2v) is 8.16.